The number of aliphatic hydroxyl groups excluding tert-OH is 1. The molecule has 0 aromatic rings. The summed E-state index contributed by atoms with van der Waals surface area (Å²) >= 11 is 0. The molecule has 0 aromatic heterocycles. The number of rotatable bonds is 7. The minimum Gasteiger partial charge on any atom is -0.396 e. The highest BCUT2D eigenvalue weighted by Crippen LogP contribution is 2.24. The lowest BCUT2D eigenvalue weighted by Gasteiger charge is -2.24. The van der Waals surface area contributed by atoms with Crippen molar-refractivity contribution in [1.29, 1.82) is 5.41 Å². The van der Waals surface area contributed by atoms with Crippen molar-refractivity contribution in [3.05, 3.63) is 0 Å². The quantitative estimate of drug-likeness (QED) is 0.466. The topological polar surface area (TPSA) is 73.3 Å². The fraction of sp³-hybridized carbons (Fsp3) is 0.923. The summed E-state index contributed by atoms with van der Waals surface area (Å²) in [4.78, 5) is 2.47. The zero-order valence-electron chi connectivity index (χ0n) is 11.2. The van der Waals surface area contributed by atoms with Gasteiger partial charge < -0.3 is 15.7 Å². The minimum atomic E-state index is -0.162. The average molecular weight is 241 g/mol. The van der Waals surface area contributed by atoms with E-state index in [1.165, 1.54) is 6.42 Å². The Labute approximate surface area is 105 Å². The fourth-order valence-electron chi connectivity index (χ4n) is 2.41. The first kappa shape index (κ1) is 14.5. The number of nitrogens with two attached hydrogens (primary N) is 1. The van der Waals surface area contributed by atoms with E-state index in [1.807, 2.05) is 13.8 Å². The Kier molecular flexibility index (Phi) is 5.40. The Bertz CT molecular complexity index is 253. The zero-order chi connectivity index (χ0) is 12.9. The van der Waals surface area contributed by atoms with E-state index in [-0.39, 0.29) is 11.3 Å². The highest BCUT2D eigenvalue weighted by atomic mass is 16.3. The van der Waals surface area contributed by atoms with E-state index in [4.69, 9.17) is 16.2 Å². The summed E-state index contributed by atoms with van der Waals surface area (Å²) in [5, 5.41) is 16.4. The molecule has 4 heteroatoms. The van der Waals surface area contributed by atoms with Crippen LogP contribution in [-0.2, 0) is 0 Å². The van der Waals surface area contributed by atoms with Gasteiger partial charge in [0, 0.05) is 18.6 Å². The normalized spacial score (nSPS) is 21.9. The first-order chi connectivity index (χ1) is 7.95. The van der Waals surface area contributed by atoms with Crippen LogP contribution in [0.3, 0.4) is 0 Å². The van der Waals surface area contributed by atoms with Gasteiger partial charge in [-0.1, -0.05) is 13.8 Å². The maximum atomic E-state index is 8.90. The molecule has 0 saturated carbocycles. The summed E-state index contributed by atoms with van der Waals surface area (Å²) in [7, 11) is 0. The lowest BCUT2D eigenvalue weighted by atomic mass is 9.86. The van der Waals surface area contributed by atoms with Crippen LogP contribution in [0.1, 0.15) is 39.5 Å². The molecule has 1 aliphatic rings. The number of nitrogens with one attached hydrogen (secondary N) is 1. The summed E-state index contributed by atoms with van der Waals surface area (Å²) < 4.78 is 0. The second-order valence-electron chi connectivity index (χ2n) is 5.87. The second kappa shape index (κ2) is 6.36. The Morgan fingerprint density at radius 1 is 1.53 bits per heavy atom. The third-order valence-electron chi connectivity index (χ3n) is 3.91. The molecule has 4 nitrogen and oxygen atoms in total. The second-order valence-corrected chi connectivity index (χ2v) is 5.87. The molecule has 0 amide bonds. The van der Waals surface area contributed by atoms with Crippen LogP contribution < -0.4 is 5.73 Å². The van der Waals surface area contributed by atoms with Crippen LogP contribution in [0.15, 0.2) is 0 Å². The van der Waals surface area contributed by atoms with Crippen LogP contribution in [0.5, 0.6) is 0 Å². The van der Waals surface area contributed by atoms with Crippen LogP contribution in [0.2, 0.25) is 0 Å². The van der Waals surface area contributed by atoms with E-state index in [1.54, 1.807) is 0 Å². The zero-order valence-corrected chi connectivity index (χ0v) is 11.2. The molecule has 1 fully saturated rings. The Morgan fingerprint density at radius 2 is 2.24 bits per heavy atom. The smallest absolute Gasteiger partial charge is 0.0963 e. The Balaban J connectivity index is 2.18. The number of likely N-dealkylation sites (tertiary alicyclic amines) is 1. The van der Waals surface area contributed by atoms with Crippen LogP contribution in [0, 0.1) is 16.7 Å². The van der Waals surface area contributed by atoms with Crippen molar-refractivity contribution >= 4 is 5.84 Å². The van der Waals surface area contributed by atoms with Crippen molar-refractivity contribution in [2.75, 3.05) is 26.2 Å². The summed E-state index contributed by atoms with van der Waals surface area (Å²) in [6.07, 6.45) is 4.23. The molecule has 0 aliphatic carbocycles. The van der Waals surface area contributed by atoms with Crippen molar-refractivity contribution in [3.8, 4) is 0 Å². The van der Waals surface area contributed by atoms with Gasteiger partial charge in [-0.05, 0) is 44.7 Å². The summed E-state index contributed by atoms with van der Waals surface area (Å²) in [5.74, 6) is 0.970. The number of hydrogen-bond acceptors (Lipinski definition) is 3. The summed E-state index contributed by atoms with van der Waals surface area (Å²) in [5.41, 5.74) is 5.41. The summed E-state index contributed by atoms with van der Waals surface area (Å²) in [6, 6.07) is 0. The molecule has 1 saturated heterocycles. The van der Waals surface area contributed by atoms with Crippen LogP contribution in [0.4, 0.5) is 0 Å². The van der Waals surface area contributed by atoms with Gasteiger partial charge in [0.25, 0.3) is 0 Å². The monoisotopic (exact) mass is 241 g/mol. The molecule has 1 rings (SSSR count). The van der Waals surface area contributed by atoms with E-state index in [0.717, 1.165) is 38.9 Å². The van der Waals surface area contributed by atoms with Gasteiger partial charge in [0.1, 0.15) is 0 Å². The lowest BCUT2D eigenvalue weighted by molar-refractivity contribution is 0.248. The van der Waals surface area contributed by atoms with Crippen molar-refractivity contribution in [2.24, 2.45) is 17.1 Å². The van der Waals surface area contributed by atoms with Gasteiger partial charge in [-0.3, -0.25) is 5.41 Å². The molecule has 4 N–H and O–H groups in total. The van der Waals surface area contributed by atoms with Crippen LogP contribution in [0.25, 0.3) is 0 Å². The molecule has 0 bridgehead atoms. The highest BCUT2D eigenvalue weighted by molar-refractivity contribution is 5.82. The predicted octanol–water partition coefficient (Wildman–Crippen LogP) is 1.43. The van der Waals surface area contributed by atoms with Crippen molar-refractivity contribution in [1.82, 2.24) is 4.90 Å². The van der Waals surface area contributed by atoms with Gasteiger partial charge in [-0.15, -0.1) is 0 Å². The predicted molar refractivity (Wildman–Crippen MR) is 71.2 cm³/mol. The Morgan fingerprint density at radius 3 is 2.82 bits per heavy atom. The van der Waals surface area contributed by atoms with E-state index < -0.39 is 0 Å². The first-order valence-electron chi connectivity index (χ1n) is 6.63. The number of aliphatic hydroxyl groups is 1. The molecular formula is C13H27N3O. The van der Waals surface area contributed by atoms with Gasteiger partial charge in [-0.25, -0.2) is 0 Å². The fourth-order valence-corrected chi connectivity index (χ4v) is 2.41. The third-order valence-corrected chi connectivity index (χ3v) is 3.91. The number of nitrogens with zero attached hydrogens (tertiary/aromatic N) is 1. The van der Waals surface area contributed by atoms with Crippen LogP contribution >= 0.6 is 0 Å². The van der Waals surface area contributed by atoms with Gasteiger partial charge in [0.2, 0.25) is 0 Å². The number of amidine groups is 1. The summed E-state index contributed by atoms with van der Waals surface area (Å²) in [6.45, 7) is 7.77. The van der Waals surface area contributed by atoms with E-state index in [0.29, 0.717) is 12.5 Å². The molecule has 1 heterocycles. The lowest BCUT2D eigenvalue weighted by Crippen LogP contribution is -2.32. The van der Waals surface area contributed by atoms with Gasteiger partial charge >= 0.3 is 0 Å². The van der Waals surface area contributed by atoms with Crippen LogP contribution in [-0.4, -0.2) is 42.1 Å². The third kappa shape index (κ3) is 4.64. The van der Waals surface area contributed by atoms with Gasteiger partial charge in [0.05, 0.1) is 5.84 Å². The SMILES string of the molecule is CC(C)(CCCN1CCC(CCO)C1)C(=N)N. The molecule has 17 heavy (non-hydrogen) atoms. The van der Waals surface area contributed by atoms with E-state index in [2.05, 4.69) is 4.90 Å². The molecule has 0 aromatic carbocycles. The maximum Gasteiger partial charge on any atom is 0.0963 e. The average Bonchev–Trinajstić information content (AvgIpc) is 2.66. The Hall–Kier alpha value is -0.610. The van der Waals surface area contributed by atoms with Crippen molar-refractivity contribution in [2.45, 2.75) is 39.5 Å². The molecule has 0 radical (unpaired) electrons. The maximum absolute atomic E-state index is 8.90. The minimum absolute atomic E-state index is 0.162. The standard InChI is InChI=1S/C13H27N3O/c1-13(2,12(14)15)6-3-7-16-8-4-11(10-16)5-9-17/h11,17H,3-10H2,1-2H3,(H3,14,15). The van der Waals surface area contributed by atoms with E-state index in [9.17, 15) is 0 Å². The molecule has 0 spiro atoms. The molecular weight excluding hydrogens is 214 g/mol. The highest BCUT2D eigenvalue weighted by Gasteiger charge is 2.24. The first-order valence-corrected chi connectivity index (χ1v) is 6.63. The van der Waals surface area contributed by atoms with Gasteiger partial charge in [0.15, 0.2) is 0 Å². The van der Waals surface area contributed by atoms with E-state index >= 15 is 0 Å². The van der Waals surface area contributed by atoms with Crippen molar-refractivity contribution in [3.63, 3.8) is 0 Å². The molecule has 1 atom stereocenters. The molecule has 1 aliphatic heterocycles. The molecule has 100 valence electrons. The number of hydrogen-bond donors (Lipinski definition) is 3. The molecule has 1 unspecified atom stereocenters. The van der Waals surface area contributed by atoms with Crippen molar-refractivity contribution < 1.29 is 5.11 Å². The largest absolute Gasteiger partial charge is 0.396 e. The van der Waals surface area contributed by atoms with Gasteiger partial charge in [-0.2, -0.15) is 0 Å².